The van der Waals surface area contributed by atoms with Crippen LogP contribution < -0.4 is 19.5 Å². The molecule has 0 spiro atoms. The predicted octanol–water partition coefficient (Wildman–Crippen LogP) is 3.08. The summed E-state index contributed by atoms with van der Waals surface area (Å²) in [6, 6.07) is 11.6. The maximum atomic E-state index is 13.2. The third-order valence-corrected chi connectivity index (χ3v) is 7.24. The molecule has 1 fully saturated rings. The van der Waals surface area contributed by atoms with Crippen LogP contribution in [0.1, 0.15) is 36.0 Å². The zero-order valence-corrected chi connectivity index (χ0v) is 19.3. The molecule has 174 valence electrons. The van der Waals surface area contributed by atoms with E-state index in [-0.39, 0.29) is 35.3 Å². The average molecular weight is 463 g/mol. The van der Waals surface area contributed by atoms with Crippen LogP contribution in [0.3, 0.4) is 0 Å². The van der Waals surface area contributed by atoms with E-state index in [1.807, 2.05) is 0 Å². The molecular weight excluding hydrogens is 432 g/mol. The molecule has 0 bridgehead atoms. The highest BCUT2D eigenvalue weighted by Gasteiger charge is 2.29. The third kappa shape index (κ3) is 5.92. The summed E-state index contributed by atoms with van der Waals surface area (Å²) in [4.78, 5) is 12.6. The number of carbonyl (C=O) groups excluding carboxylic acids is 1. The maximum absolute atomic E-state index is 13.2. The van der Waals surface area contributed by atoms with Gasteiger partial charge in [-0.3, -0.25) is 4.79 Å². The molecule has 0 unspecified atom stereocenters. The SMILES string of the molecule is COc1ccc(OCCNC(=O)c2ccc(OC)c(S(=O)(=O)N3CCCCCC3)c2)cc1. The highest BCUT2D eigenvalue weighted by atomic mass is 32.2. The Morgan fingerprint density at radius 3 is 2.22 bits per heavy atom. The Hall–Kier alpha value is -2.78. The first-order chi connectivity index (χ1) is 15.5. The molecule has 3 rings (SSSR count). The molecule has 9 heteroatoms. The fourth-order valence-corrected chi connectivity index (χ4v) is 5.25. The van der Waals surface area contributed by atoms with E-state index in [1.54, 1.807) is 37.4 Å². The lowest BCUT2D eigenvalue weighted by Crippen LogP contribution is -2.33. The quantitative estimate of drug-likeness (QED) is 0.576. The molecule has 2 aromatic rings. The number of nitrogens with zero attached hydrogens (tertiary/aromatic N) is 1. The van der Waals surface area contributed by atoms with Crippen LogP contribution in [0.2, 0.25) is 0 Å². The smallest absolute Gasteiger partial charge is 0.251 e. The van der Waals surface area contributed by atoms with Crippen LogP contribution in [0.25, 0.3) is 0 Å². The Balaban J connectivity index is 1.64. The molecule has 2 aromatic carbocycles. The van der Waals surface area contributed by atoms with Crippen molar-refractivity contribution in [1.82, 2.24) is 9.62 Å². The summed E-state index contributed by atoms with van der Waals surface area (Å²) >= 11 is 0. The molecule has 0 atom stereocenters. The van der Waals surface area contributed by atoms with Gasteiger partial charge in [-0.05, 0) is 55.3 Å². The van der Waals surface area contributed by atoms with Gasteiger partial charge in [-0.25, -0.2) is 8.42 Å². The Morgan fingerprint density at radius 1 is 0.938 bits per heavy atom. The first-order valence-electron chi connectivity index (χ1n) is 10.7. The van der Waals surface area contributed by atoms with E-state index in [4.69, 9.17) is 14.2 Å². The van der Waals surface area contributed by atoms with Gasteiger partial charge in [-0.15, -0.1) is 0 Å². The fourth-order valence-electron chi connectivity index (χ4n) is 3.55. The Morgan fingerprint density at radius 2 is 1.59 bits per heavy atom. The summed E-state index contributed by atoms with van der Waals surface area (Å²) in [6.07, 6.45) is 3.69. The second kappa shape index (κ2) is 11.2. The number of sulfonamides is 1. The van der Waals surface area contributed by atoms with Crippen molar-refractivity contribution in [3.05, 3.63) is 48.0 Å². The Kier molecular flexibility index (Phi) is 8.35. The number of hydrogen-bond acceptors (Lipinski definition) is 6. The molecule has 0 saturated carbocycles. The fraction of sp³-hybridized carbons (Fsp3) is 0.435. The van der Waals surface area contributed by atoms with Crippen molar-refractivity contribution in [3.8, 4) is 17.2 Å². The molecule has 1 aliphatic rings. The minimum Gasteiger partial charge on any atom is -0.497 e. The minimum atomic E-state index is -3.76. The van der Waals surface area contributed by atoms with E-state index in [0.717, 1.165) is 31.4 Å². The molecule has 1 aliphatic heterocycles. The third-order valence-electron chi connectivity index (χ3n) is 5.32. The zero-order valence-electron chi connectivity index (χ0n) is 18.5. The van der Waals surface area contributed by atoms with Gasteiger partial charge in [-0.1, -0.05) is 12.8 Å². The van der Waals surface area contributed by atoms with Crippen LogP contribution in [-0.4, -0.2) is 59.1 Å². The van der Waals surface area contributed by atoms with Crippen LogP contribution >= 0.6 is 0 Å². The normalized spacial score (nSPS) is 14.9. The van der Waals surface area contributed by atoms with Crippen molar-refractivity contribution < 1.29 is 27.4 Å². The highest BCUT2D eigenvalue weighted by Crippen LogP contribution is 2.29. The first-order valence-corrected chi connectivity index (χ1v) is 12.1. The van der Waals surface area contributed by atoms with Crippen molar-refractivity contribution in [3.63, 3.8) is 0 Å². The summed E-state index contributed by atoms with van der Waals surface area (Å²) in [7, 11) is -0.742. The van der Waals surface area contributed by atoms with E-state index in [2.05, 4.69) is 5.32 Å². The molecule has 1 amide bonds. The van der Waals surface area contributed by atoms with Crippen molar-refractivity contribution in [2.75, 3.05) is 40.5 Å². The van der Waals surface area contributed by atoms with Gasteiger partial charge in [0.05, 0.1) is 20.8 Å². The Labute approximate surface area is 189 Å². The largest absolute Gasteiger partial charge is 0.497 e. The van der Waals surface area contributed by atoms with Gasteiger partial charge in [-0.2, -0.15) is 4.31 Å². The molecular formula is C23H30N2O6S. The number of benzene rings is 2. The van der Waals surface area contributed by atoms with Crippen molar-refractivity contribution >= 4 is 15.9 Å². The van der Waals surface area contributed by atoms with Crippen LogP contribution in [0.15, 0.2) is 47.4 Å². The molecule has 1 heterocycles. The van der Waals surface area contributed by atoms with E-state index in [1.165, 1.54) is 23.5 Å². The molecule has 0 radical (unpaired) electrons. The summed E-state index contributed by atoms with van der Waals surface area (Å²) in [6.45, 7) is 1.49. The summed E-state index contributed by atoms with van der Waals surface area (Å²) < 4.78 is 44.0. The van der Waals surface area contributed by atoms with Gasteiger partial charge in [0.2, 0.25) is 10.0 Å². The second-order valence-corrected chi connectivity index (χ2v) is 9.37. The standard InChI is InChI=1S/C23H30N2O6S/c1-29-19-8-10-20(11-9-19)31-16-13-24-23(26)18-7-12-21(30-2)22(17-18)32(27,28)25-14-5-3-4-6-15-25/h7-12,17H,3-6,13-16H2,1-2H3,(H,24,26). The van der Waals surface area contributed by atoms with E-state index in [0.29, 0.717) is 18.8 Å². The number of rotatable bonds is 9. The van der Waals surface area contributed by atoms with E-state index in [9.17, 15) is 13.2 Å². The lowest BCUT2D eigenvalue weighted by atomic mass is 10.2. The molecule has 0 aromatic heterocycles. The Bertz CT molecular complexity index is 1000. The number of carbonyl (C=O) groups is 1. The molecule has 0 aliphatic carbocycles. The second-order valence-electron chi connectivity index (χ2n) is 7.46. The minimum absolute atomic E-state index is 0.0176. The molecule has 1 N–H and O–H groups in total. The van der Waals surface area contributed by atoms with Gasteiger partial charge in [0.15, 0.2) is 0 Å². The number of amides is 1. The van der Waals surface area contributed by atoms with Crippen LogP contribution in [0.4, 0.5) is 0 Å². The summed E-state index contributed by atoms with van der Waals surface area (Å²) in [5, 5.41) is 2.76. The number of ether oxygens (including phenoxy) is 3. The summed E-state index contributed by atoms with van der Waals surface area (Å²) in [5.74, 6) is 1.25. The molecule has 32 heavy (non-hydrogen) atoms. The van der Waals surface area contributed by atoms with Crippen LogP contribution in [-0.2, 0) is 10.0 Å². The monoisotopic (exact) mass is 462 g/mol. The van der Waals surface area contributed by atoms with Crippen molar-refractivity contribution in [2.24, 2.45) is 0 Å². The molecule has 1 saturated heterocycles. The number of methoxy groups -OCH3 is 2. The first kappa shape index (κ1) is 23.9. The lowest BCUT2D eigenvalue weighted by molar-refractivity contribution is 0.0946. The van der Waals surface area contributed by atoms with E-state index >= 15 is 0 Å². The summed E-state index contributed by atoms with van der Waals surface area (Å²) in [5.41, 5.74) is 0.253. The lowest BCUT2D eigenvalue weighted by Gasteiger charge is -2.21. The van der Waals surface area contributed by atoms with Gasteiger partial charge < -0.3 is 19.5 Å². The zero-order chi connectivity index (χ0) is 23.0. The predicted molar refractivity (Wildman–Crippen MR) is 121 cm³/mol. The average Bonchev–Trinajstić information content (AvgIpc) is 3.12. The maximum Gasteiger partial charge on any atom is 0.251 e. The number of nitrogens with one attached hydrogen (secondary N) is 1. The van der Waals surface area contributed by atoms with Crippen molar-refractivity contribution in [1.29, 1.82) is 0 Å². The van der Waals surface area contributed by atoms with Crippen LogP contribution in [0.5, 0.6) is 17.2 Å². The van der Waals surface area contributed by atoms with Gasteiger partial charge in [0, 0.05) is 18.7 Å². The van der Waals surface area contributed by atoms with Crippen molar-refractivity contribution in [2.45, 2.75) is 30.6 Å². The molecule has 8 nitrogen and oxygen atoms in total. The van der Waals surface area contributed by atoms with Gasteiger partial charge >= 0.3 is 0 Å². The van der Waals surface area contributed by atoms with Gasteiger partial charge in [0.25, 0.3) is 5.91 Å². The van der Waals surface area contributed by atoms with E-state index < -0.39 is 10.0 Å². The highest BCUT2D eigenvalue weighted by molar-refractivity contribution is 7.89. The topological polar surface area (TPSA) is 94.2 Å². The number of hydrogen-bond donors (Lipinski definition) is 1. The van der Waals surface area contributed by atoms with Crippen LogP contribution in [0, 0.1) is 0 Å². The van der Waals surface area contributed by atoms with Gasteiger partial charge in [0.1, 0.15) is 28.8 Å².